The van der Waals surface area contributed by atoms with Crippen LogP contribution in [-0.4, -0.2) is 41.5 Å². The molecule has 0 rings (SSSR count). The van der Waals surface area contributed by atoms with Gasteiger partial charge in [-0.15, -0.1) is 0 Å². The smallest absolute Gasteiger partial charge is 0.348 e. The third-order valence-electron chi connectivity index (χ3n) is 2.19. The number of rotatable bonds is 6. The molecule has 110 valence electrons. The molecule has 6 nitrogen and oxygen atoms in total. The van der Waals surface area contributed by atoms with E-state index in [4.69, 9.17) is 14.6 Å². The molecule has 1 N–H and O–H groups in total. The van der Waals surface area contributed by atoms with Crippen molar-refractivity contribution >= 4 is 30.5 Å². The van der Waals surface area contributed by atoms with E-state index in [-0.39, 0.29) is 5.75 Å². The number of carboxylic acids is 1. The average Bonchev–Trinajstić information content (AvgIpc) is 2.30. The SMILES string of the molecule is C[C@H](CS)C(=O)O[C@@H](COC(=O)C(C)(C)C)C(=O)O. The highest BCUT2D eigenvalue weighted by Gasteiger charge is 2.29. The third-order valence-corrected chi connectivity index (χ3v) is 2.74. The fourth-order valence-electron chi connectivity index (χ4n) is 0.854. The molecular weight excluding hydrogens is 272 g/mol. The number of ether oxygens (including phenoxy) is 2. The molecule has 0 spiro atoms. The van der Waals surface area contributed by atoms with Crippen molar-refractivity contribution in [3.63, 3.8) is 0 Å². The minimum absolute atomic E-state index is 0.243. The summed E-state index contributed by atoms with van der Waals surface area (Å²) in [5, 5.41) is 8.90. The van der Waals surface area contributed by atoms with Crippen molar-refractivity contribution in [1.82, 2.24) is 0 Å². The third kappa shape index (κ3) is 6.47. The molecule has 0 aromatic rings. The number of carbonyl (C=O) groups is 3. The quantitative estimate of drug-likeness (QED) is 0.563. The molecule has 0 aromatic carbocycles. The monoisotopic (exact) mass is 292 g/mol. The first-order valence-electron chi connectivity index (χ1n) is 5.81. The van der Waals surface area contributed by atoms with Gasteiger partial charge in [-0.05, 0) is 20.8 Å². The molecule has 19 heavy (non-hydrogen) atoms. The fraction of sp³-hybridized carbons (Fsp3) is 0.750. The van der Waals surface area contributed by atoms with Crippen LogP contribution >= 0.6 is 12.6 Å². The molecule has 0 fully saturated rings. The molecule has 0 aliphatic rings. The summed E-state index contributed by atoms with van der Waals surface area (Å²) in [7, 11) is 0. The summed E-state index contributed by atoms with van der Waals surface area (Å²) in [4.78, 5) is 33.9. The van der Waals surface area contributed by atoms with Crippen LogP contribution in [0.15, 0.2) is 0 Å². The summed E-state index contributed by atoms with van der Waals surface area (Å²) >= 11 is 3.92. The molecule has 0 amide bonds. The minimum Gasteiger partial charge on any atom is -0.478 e. The first kappa shape index (κ1) is 17.8. The van der Waals surface area contributed by atoms with Gasteiger partial charge in [0.05, 0.1) is 11.3 Å². The molecule has 0 bridgehead atoms. The van der Waals surface area contributed by atoms with Crippen LogP contribution in [0.25, 0.3) is 0 Å². The summed E-state index contributed by atoms with van der Waals surface area (Å²) in [6.45, 7) is 5.98. The molecular formula is C12H20O6S. The second-order valence-corrected chi connectivity index (χ2v) is 5.56. The molecule has 0 saturated heterocycles. The van der Waals surface area contributed by atoms with Gasteiger partial charge in [0.2, 0.25) is 6.10 Å². The Morgan fingerprint density at radius 1 is 1.26 bits per heavy atom. The Kier molecular flexibility index (Phi) is 6.89. The zero-order valence-corrected chi connectivity index (χ0v) is 12.4. The molecule has 0 aliphatic carbocycles. The highest BCUT2D eigenvalue weighted by Crippen LogP contribution is 2.15. The molecule has 2 atom stereocenters. The van der Waals surface area contributed by atoms with Crippen LogP contribution in [0.4, 0.5) is 0 Å². The van der Waals surface area contributed by atoms with Gasteiger partial charge in [-0.25, -0.2) is 4.79 Å². The second-order valence-electron chi connectivity index (χ2n) is 5.20. The maximum Gasteiger partial charge on any atom is 0.348 e. The van der Waals surface area contributed by atoms with Gasteiger partial charge in [-0.1, -0.05) is 6.92 Å². The summed E-state index contributed by atoms with van der Waals surface area (Å²) < 4.78 is 9.59. The van der Waals surface area contributed by atoms with Crippen molar-refractivity contribution in [3.05, 3.63) is 0 Å². The lowest BCUT2D eigenvalue weighted by Crippen LogP contribution is -2.36. The summed E-state index contributed by atoms with van der Waals surface area (Å²) in [6, 6.07) is 0. The first-order valence-corrected chi connectivity index (χ1v) is 6.44. The lowest BCUT2D eigenvalue weighted by molar-refractivity contribution is -0.175. The van der Waals surface area contributed by atoms with E-state index in [0.717, 1.165) is 0 Å². The molecule has 0 aromatic heterocycles. The first-order chi connectivity index (χ1) is 8.59. The summed E-state index contributed by atoms with van der Waals surface area (Å²) in [6.07, 6.45) is -1.50. The van der Waals surface area contributed by atoms with Crippen molar-refractivity contribution in [3.8, 4) is 0 Å². The van der Waals surface area contributed by atoms with Crippen LogP contribution in [0, 0.1) is 11.3 Å². The maximum absolute atomic E-state index is 11.5. The topological polar surface area (TPSA) is 89.9 Å². The van der Waals surface area contributed by atoms with Gasteiger partial charge in [0.1, 0.15) is 6.61 Å². The van der Waals surface area contributed by atoms with E-state index >= 15 is 0 Å². The van der Waals surface area contributed by atoms with E-state index in [9.17, 15) is 14.4 Å². The van der Waals surface area contributed by atoms with E-state index in [1.165, 1.54) is 0 Å². The van der Waals surface area contributed by atoms with Crippen molar-refractivity contribution < 1.29 is 29.0 Å². The predicted octanol–water partition coefficient (Wildman–Crippen LogP) is 1.14. The number of thiol groups is 1. The van der Waals surface area contributed by atoms with Crippen molar-refractivity contribution in [2.24, 2.45) is 11.3 Å². The molecule has 0 radical (unpaired) electrons. The highest BCUT2D eigenvalue weighted by molar-refractivity contribution is 7.80. The minimum atomic E-state index is -1.50. The predicted molar refractivity (Wildman–Crippen MR) is 70.9 cm³/mol. The van der Waals surface area contributed by atoms with Crippen molar-refractivity contribution in [2.75, 3.05) is 12.4 Å². The Morgan fingerprint density at radius 3 is 2.16 bits per heavy atom. The highest BCUT2D eigenvalue weighted by atomic mass is 32.1. The Morgan fingerprint density at radius 2 is 1.79 bits per heavy atom. The Balaban J connectivity index is 4.49. The van der Waals surface area contributed by atoms with Gasteiger partial charge >= 0.3 is 17.9 Å². The van der Waals surface area contributed by atoms with Gasteiger partial charge in [0.25, 0.3) is 0 Å². The fourth-order valence-corrected chi connectivity index (χ4v) is 1.00. The Bertz CT molecular complexity index is 347. The van der Waals surface area contributed by atoms with Crippen LogP contribution in [0.5, 0.6) is 0 Å². The van der Waals surface area contributed by atoms with Gasteiger partial charge < -0.3 is 14.6 Å². The molecule has 0 unspecified atom stereocenters. The number of esters is 2. The zero-order chi connectivity index (χ0) is 15.2. The number of hydrogen-bond donors (Lipinski definition) is 2. The summed E-state index contributed by atoms with van der Waals surface area (Å²) in [5.41, 5.74) is -0.745. The van der Waals surface area contributed by atoms with E-state index < -0.39 is 42.0 Å². The molecule has 0 aliphatic heterocycles. The molecule has 0 saturated carbocycles. The van der Waals surface area contributed by atoms with Crippen LogP contribution in [0.3, 0.4) is 0 Å². The lowest BCUT2D eigenvalue weighted by Gasteiger charge is -2.20. The molecule has 0 heterocycles. The zero-order valence-electron chi connectivity index (χ0n) is 11.5. The second kappa shape index (κ2) is 7.37. The number of carbonyl (C=O) groups excluding carboxylic acids is 2. The van der Waals surface area contributed by atoms with Gasteiger partial charge in [-0.2, -0.15) is 12.6 Å². The van der Waals surface area contributed by atoms with E-state index in [2.05, 4.69) is 12.6 Å². The van der Waals surface area contributed by atoms with Gasteiger partial charge in [0.15, 0.2) is 0 Å². The number of aliphatic carboxylic acids is 1. The normalized spacial score (nSPS) is 14.4. The van der Waals surface area contributed by atoms with Crippen LogP contribution in [-0.2, 0) is 23.9 Å². The van der Waals surface area contributed by atoms with Crippen LogP contribution in [0.1, 0.15) is 27.7 Å². The largest absolute Gasteiger partial charge is 0.478 e. The Labute approximate surface area is 117 Å². The average molecular weight is 292 g/mol. The van der Waals surface area contributed by atoms with E-state index in [1.54, 1.807) is 27.7 Å². The van der Waals surface area contributed by atoms with E-state index in [0.29, 0.717) is 0 Å². The Hall–Kier alpha value is -1.24. The van der Waals surface area contributed by atoms with Crippen LogP contribution < -0.4 is 0 Å². The van der Waals surface area contributed by atoms with E-state index in [1.807, 2.05) is 0 Å². The van der Waals surface area contributed by atoms with Crippen LogP contribution in [0.2, 0.25) is 0 Å². The number of carboxylic acid groups (broad SMARTS) is 1. The molecule has 7 heteroatoms. The standard InChI is InChI=1S/C12H20O6S/c1-7(6-19)10(15)18-8(9(13)14)5-17-11(16)12(2,3)4/h7-8,19H,5-6H2,1-4H3,(H,13,14)/t7-,8+/m1/s1. The number of hydrogen-bond acceptors (Lipinski definition) is 6. The van der Waals surface area contributed by atoms with Gasteiger partial charge in [-0.3, -0.25) is 9.59 Å². The maximum atomic E-state index is 11.5. The van der Waals surface area contributed by atoms with Crippen molar-refractivity contribution in [2.45, 2.75) is 33.8 Å². The van der Waals surface area contributed by atoms with Gasteiger partial charge in [0, 0.05) is 5.75 Å². The van der Waals surface area contributed by atoms with Crippen molar-refractivity contribution in [1.29, 1.82) is 0 Å². The lowest BCUT2D eigenvalue weighted by atomic mass is 9.97. The summed E-state index contributed by atoms with van der Waals surface area (Å²) in [5.74, 6) is -2.89.